The van der Waals surface area contributed by atoms with E-state index in [1.165, 1.54) is 0 Å². The third kappa shape index (κ3) is 2.72. The van der Waals surface area contributed by atoms with Crippen molar-refractivity contribution in [3.63, 3.8) is 0 Å². The number of carboxylic acids is 1. The number of rotatable bonds is 4. The van der Waals surface area contributed by atoms with Gasteiger partial charge in [-0.1, -0.05) is 0 Å². The molecule has 0 fully saturated rings. The summed E-state index contributed by atoms with van der Waals surface area (Å²) in [7, 11) is 0. The van der Waals surface area contributed by atoms with Gasteiger partial charge in [0.2, 0.25) is 6.41 Å². The molecule has 1 atom stereocenters. The van der Waals surface area contributed by atoms with Crippen molar-refractivity contribution in [2.75, 3.05) is 0 Å². The number of carboxylic acid groups (broad SMARTS) is 1. The molecule has 0 aromatic carbocycles. The van der Waals surface area contributed by atoms with Crippen LogP contribution in [0.4, 0.5) is 0 Å². The van der Waals surface area contributed by atoms with Crippen LogP contribution in [0.3, 0.4) is 0 Å². The summed E-state index contributed by atoms with van der Waals surface area (Å²) in [4.78, 5) is 19.9. The Morgan fingerprint density at radius 3 is 2.80 bits per heavy atom. The van der Waals surface area contributed by atoms with Crippen molar-refractivity contribution in [1.82, 2.24) is 5.32 Å². The first-order chi connectivity index (χ1) is 4.72. The summed E-state index contributed by atoms with van der Waals surface area (Å²) in [6.45, 7) is 0. The Balaban J connectivity index is 3.86. The van der Waals surface area contributed by atoms with Crippen LogP contribution in [0.5, 0.6) is 0 Å². The topological polar surface area (TPSA) is 66.4 Å². The van der Waals surface area contributed by atoms with E-state index in [2.05, 4.69) is 11.2 Å². The maximum absolute atomic E-state index is 10.2. The molecule has 4 heteroatoms. The summed E-state index contributed by atoms with van der Waals surface area (Å²) < 4.78 is 0. The lowest BCUT2D eigenvalue weighted by Gasteiger charge is -2.04. The molecule has 0 saturated carbocycles. The number of carbonyl (C=O) groups is 2. The van der Waals surface area contributed by atoms with E-state index in [4.69, 9.17) is 11.5 Å². The highest BCUT2D eigenvalue weighted by molar-refractivity contribution is 5.76. The first kappa shape index (κ1) is 8.50. The highest BCUT2D eigenvalue weighted by atomic mass is 16.4. The summed E-state index contributed by atoms with van der Waals surface area (Å²) in [5, 5.41) is 10.4. The van der Waals surface area contributed by atoms with E-state index in [1.54, 1.807) is 0 Å². The highest BCUT2D eigenvalue weighted by Crippen LogP contribution is 1.87. The summed E-state index contributed by atoms with van der Waals surface area (Å²) in [6, 6.07) is -0.956. The molecule has 0 aromatic heterocycles. The van der Waals surface area contributed by atoms with Gasteiger partial charge < -0.3 is 10.4 Å². The van der Waals surface area contributed by atoms with Gasteiger partial charge in [0.05, 0.1) is 0 Å². The minimum atomic E-state index is -1.12. The molecule has 0 aliphatic rings. The van der Waals surface area contributed by atoms with Crippen molar-refractivity contribution in [3.8, 4) is 12.3 Å². The van der Waals surface area contributed by atoms with Crippen LogP contribution in [0, 0.1) is 12.3 Å². The number of carbonyl (C=O) groups excluding carboxylic acids is 1. The monoisotopic (exact) mass is 141 g/mol. The first-order valence-electron chi connectivity index (χ1n) is 2.58. The van der Waals surface area contributed by atoms with Crippen LogP contribution >= 0.6 is 0 Å². The van der Waals surface area contributed by atoms with Gasteiger partial charge in [-0.15, -0.1) is 12.3 Å². The first-order valence-corrected chi connectivity index (χ1v) is 2.58. The molecule has 0 aromatic rings. The fraction of sp³-hybridized carbons (Fsp3) is 0.333. The van der Waals surface area contributed by atoms with E-state index in [0.717, 1.165) is 0 Å². The number of hydrogen-bond donors (Lipinski definition) is 2. The van der Waals surface area contributed by atoms with Gasteiger partial charge in [-0.05, 0) is 0 Å². The van der Waals surface area contributed by atoms with E-state index < -0.39 is 12.0 Å². The number of amides is 1. The molecule has 10 heavy (non-hydrogen) atoms. The Labute approximate surface area is 58.2 Å². The average Bonchev–Trinajstić information content (AvgIpc) is 1.87. The largest absolute Gasteiger partial charge is 0.480 e. The quantitative estimate of drug-likeness (QED) is 0.398. The minimum absolute atomic E-state index is 0.00801. The maximum Gasteiger partial charge on any atom is 0.327 e. The average molecular weight is 141 g/mol. The predicted molar refractivity (Wildman–Crippen MR) is 34.1 cm³/mol. The normalized spacial score (nSPS) is 11.1. The standard InChI is InChI=1S/C6H7NO3/c1-2-3-5(6(9)10)7-4-8/h1,4-5H,3H2,(H,7,8)(H,9,10)/t5-/m0/s1. The van der Waals surface area contributed by atoms with Crippen LogP contribution in [0.25, 0.3) is 0 Å². The molecule has 0 spiro atoms. The molecule has 0 aliphatic heterocycles. The Bertz CT molecular complexity index is 170. The maximum atomic E-state index is 10.2. The molecule has 0 saturated heterocycles. The Morgan fingerprint density at radius 1 is 1.90 bits per heavy atom. The van der Waals surface area contributed by atoms with Crippen LogP contribution in [-0.2, 0) is 9.59 Å². The fourth-order valence-electron chi connectivity index (χ4n) is 0.418. The number of aliphatic carboxylic acids is 1. The fourth-order valence-corrected chi connectivity index (χ4v) is 0.418. The number of hydrogen-bond acceptors (Lipinski definition) is 2. The van der Waals surface area contributed by atoms with Gasteiger partial charge in [-0.25, -0.2) is 4.79 Å². The van der Waals surface area contributed by atoms with Crippen molar-refractivity contribution in [3.05, 3.63) is 0 Å². The van der Waals surface area contributed by atoms with Gasteiger partial charge in [-0.3, -0.25) is 4.79 Å². The molecule has 4 nitrogen and oxygen atoms in total. The summed E-state index contributed by atoms with van der Waals surface area (Å²) in [5.41, 5.74) is 0. The Morgan fingerprint density at radius 2 is 2.50 bits per heavy atom. The molecule has 0 radical (unpaired) electrons. The predicted octanol–water partition coefficient (Wildman–Crippen LogP) is -0.791. The van der Waals surface area contributed by atoms with Crippen molar-refractivity contribution < 1.29 is 14.7 Å². The third-order valence-electron chi connectivity index (χ3n) is 0.889. The van der Waals surface area contributed by atoms with Gasteiger partial charge >= 0.3 is 5.97 Å². The minimum Gasteiger partial charge on any atom is -0.480 e. The third-order valence-corrected chi connectivity index (χ3v) is 0.889. The molecule has 54 valence electrons. The summed E-state index contributed by atoms with van der Waals surface area (Å²) in [6.07, 6.45) is 5.15. The lowest BCUT2D eigenvalue weighted by atomic mass is 10.2. The second-order valence-corrected chi connectivity index (χ2v) is 1.58. The lowest BCUT2D eigenvalue weighted by molar-refractivity contribution is -0.140. The van der Waals surface area contributed by atoms with Gasteiger partial charge in [0.1, 0.15) is 6.04 Å². The Kier molecular flexibility index (Phi) is 3.73. The van der Waals surface area contributed by atoms with E-state index in [1.807, 2.05) is 0 Å². The van der Waals surface area contributed by atoms with Gasteiger partial charge in [-0.2, -0.15) is 0 Å². The smallest absolute Gasteiger partial charge is 0.327 e. The van der Waals surface area contributed by atoms with E-state index >= 15 is 0 Å². The highest BCUT2D eigenvalue weighted by Gasteiger charge is 2.13. The van der Waals surface area contributed by atoms with Crippen LogP contribution in [0.1, 0.15) is 6.42 Å². The molecule has 2 N–H and O–H groups in total. The zero-order valence-corrected chi connectivity index (χ0v) is 5.20. The van der Waals surface area contributed by atoms with Crippen molar-refractivity contribution in [2.24, 2.45) is 0 Å². The van der Waals surface area contributed by atoms with E-state index in [9.17, 15) is 9.59 Å². The van der Waals surface area contributed by atoms with Gasteiger partial charge in [0.25, 0.3) is 0 Å². The number of nitrogens with one attached hydrogen (secondary N) is 1. The number of terminal acetylenes is 1. The SMILES string of the molecule is C#CC[C@H](NC=O)C(=O)O. The van der Waals surface area contributed by atoms with Gasteiger partial charge in [0, 0.05) is 6.42 Å². The molecule has 0 heterocycles. The molecule has 0 rings (SSSR count). The second kappa shape index (κ2) is 4.39. The lowest BCUT2D eigenvalue weighted by Crippen LogP contribution is -2.35. The molecular formula is C6H7NO3. The Hall–Kier alpha value is -1.50. The van der Waals surface area contributed by atoms with Gasteiger partial charge in [0.15, 0.2) is 0 Å². The van der Waals surface area contributed by atoms with E-state index in [-0.39, 0.29) is 6.42 Å². The van der Waals surface area contributed by atoms with Crippen LogP contribution < -0.4 is 5.32 Å². The summed E-state index contributed by atoms with van der Waals surface area (Å²) in [5.74, 6) is 1.01. The molecular weight excluding hydrogens is 134 g/mol. The zero-order valence-electron chi connectivity index (χ0n) is 5.20. The van der Waals surface area contributed by atoms with Crippen molar-refractivity contribution in [2.45, 2.75) is 12.5 Å². The van der Waals surface area contributed by atoms with Crippen LogP contribution in [0.15, 0.2) is 0 Å². The second-order valence-electron chi connectivity index (χ2n) is 1.58. The molecule has 1 amide bonds. The van der Waals surface area contributed by atoms with Crippen LogP contribution in [0.2, 0.25) is 0 Å². The summed E-state index contributed by atoms with van der Waals surface area (Å²) >= 11 is 0. The van der Waals surface area contributed by atoms with Crippen molar-refractivity contribution in [1.29, 1.82) is 0 Å². The van der Waals surface area contributed by atoms with E-state index in [0.29, 0.717) is 6.41 Å². The molecule has 0 aliphatic carbocycles. The molecule has 0 unspecified atom stereocenters. The molecule has 0 bridgehead atoms. The van der Waals surface area contributed by atoms with Crippen molar-refractivity contribution >= 4 is 12.4 Å². The zero-order chi connectivity index (χ0) is 7.98. The van der Waals surface area contributed by atoms with Crippen LogP contribution in [-0.4, -0.2) is 23.5 Å².